The summed E-state index contributed by atoms with van der Waals surface area (Å²) in [5.41, 5.74) is 7.06. The van der Waals surface area contributed by atoms with Gasteiger partial charge in [0.2, 0.25) is 0 Å². The molecule has 1 aromatic heterocycles. The Morgan fingerprint density at radius 2 is 2.17 bits per heavy atom. The number of nitriles is 1. The van der Waals surface area contributed by atoms with Gasteiger partial charge in [-0.05, 0) is 24.1 Å². The molecule has 0 atom stereocenters. The smallest absolute Gasteiger partial charge is 0.145 e. The third-order valence-corrected chi connectivity index (χ3v) is 2.75. The van der Waals surface area contributed by atoms with Crippen LogP contribution in [0.3, 0.4) is 0 Å². The van der Waals surface area contributed by atoms with E-state index in [1.807, 2.05) is 30.3 Å². The number of nitrogens with two attached hydrogens (primary N) is 1. The van der Waals surface area contributed by atoms with E-state index in [0.717, 1.165) is 12.0 Å². The van der Waals surface area contributed by atoms with Crippen LogP contribution in [0.15, 0.2) is 30.5 Å². The van der Waals surface area contributed by atoms with Crippen molar-refractivity contribution in [2.45, 2.75) is 12.8 Å². The Balaban J connectivity index is 2.07. The Hall–Kier alpha value is -2.12. The molecule has 0 bridgehead atoms. The second-order valence-corrected chi connectivity index (χ2v) is 4.26. The van der Waals surface area contributed by atoms with Crippen molar-refractivity contribution < 1.29 is 0 Å². The first-order valence-electron chi connectivity index (χ1n) is 5.45. The molecule has 4 nitrogen and oxygen atoms in total. The minimum atomic E-state index is 0.230. The van der Waals surface area contributed by atoms with Gasteiger partial charge >= 0.3 is 0 Å². The van der Waals surface area contributed by atoms with Crippen LogP contribution < -0.4 is 5.73 Å². The van der Waals surface area contributed by atoms with Gasteiger partial charge in [-0.3, -0.25) is 0 Å². The zero-order valence-corrected chi connectivity index (χ0v) is 10.4. The van der Waals surface area contributed by atoms with Gasteiger partial charge in [0.15, 0.2) is 0 Å². The molecule has 0 saturated heterocycles. The zero-order chi connectivity index (χ0) is 13.0. The molecule has 2 N–H and O–H groups in total. The van der Waals surface area contributed by atoms with Crippen LogP contribution in [0.4, 0.5) is 5.82 Å². The molecule has 0 amide bonds. The molecule has 0 saturated carbocycles. The van der Waals surface area contributed by atoms with E-state index < -0.39 is 0 Å². The molecule has 0 aliphatic carbocycles. The Morgan fingerprint density at radius 1 is 1.33 bits per heavy atom. The van der Waals surface area contributed by atoms with Crippen LogP contribution in [0.25, 0.3) is 0 Å². The third-order valence-electron chi connectivity index (χ3n) is 2.51. The van der Waals surface area contributed by atoms with E-state index in [-0.39, 0.29) is 5.82 Å². The fourth-order valence-electron chi connectivity index (χ4n) is 1.59. The first kappa shape index (κ1) is 12.3. The van der Waals surface area contributed by atoms with E-state index in [4.69, 9.17) is 22.6 Å². The molecule has 0 spiro atoms. The van der Waals surface area contributed by atoms with Crippen LogP contribution in [0, 0.1) is 11.3 Å². The number of rotatable bonds is 3. The van der Waals surface area contributed by atoms with Crippen molar-refractivity contribution in [3.63, 3.8) is 0 Å². The molecule has 18 heavy (non-hydrogen) atoms. The first-order chi connectivity index (χ1) is 8.69. The standard InChI is InChI=1S/C13H11ClN4/c14-11-3-1-2-9(6-11)4-5-12-17-8-10(7-15)13(16)18-12/h1-3,6,8H,4-5H2,(H2,16,17,18). The van der Waals surface area contributed by atoms with E-state index >= 15 is 0 Å². The van der Waals surface area contributed by atoms with Gasteiger partial charge in [-0.1, -0.05) is 23.7 Å². The van der Waals surface area contributed by atoms with Crippen LogP contribution >= 0.6 is 11.6 Å². The van der Waals surface area contributed by atoms with Gasteiger partial charge in [-0.25, -0.2) is 9.97 Å². The molecule has 90 valence electrons. The summed E-state index contributed by atoms with van der Waals surface area (Å²) in [6.07, 6.45) is 2.90. The highest BCUT2D eigenvalue weighted by Crippen LogP contribution is 2.13. The van der Waals surface area contributed by atoms with Crippen LogP contribution in [-0.2, 0) is 12.8 Å². The molecule has 2 rings (SSSR count). The number of hydrogen-bond acceptors (Lipinski definition) is 4. The number of aromatic nitrogens is 2. The van der Waals surface area contributed by atoms with Crippen molar-refractivity contribution in [3.8, 4) is 6.07 Å². The quantitative estimate of drug-likeness (QED) is 0.917. The summed E-state index contributed by atoms with van der Waals surface area (Å²) in [4.78, 5) is 8.19. The molecule has 2 aromatic rings. The van der Waals surface area contributed by atoms with E-state index in [1.54, 1.807) is 0 Å². The number of nitrogen functional groups attached to an aromatic ring is 1. The van der Waals surface area contributed by atoms with Crippen molar-refractivity contribution in [2.75, 3.05) is 5.73 Å². The molecule has 0 unspecified atom stereocenters. The number of benzene rings is 1. The monoisotopic (exact) mass is 258 g/mol. The lowest BCUT2D eigenvalue weighted by atomic mass is 10.1. The van der Waals surface area contributed by atoms with E-state index in [2.05, 4.69) is 9.97 Å². The number of nitrogens with zero attached hydrogens (tertiary/aromatic N) is 3. The second-order valence-electron chi connectivity index (χ2n) is 3.83. The average molecular weight is 259 g/mol. The molecular formula is C13H11ClN4. The van der Waals surface area contributed by atoms with Crippen molar-refractivity contribution >= 4 is 17.4 Å². The fraction of sp³-hybridized carbons (Fsp3) is 0.154. The highest BCUT2D eigenvalue weighted by Gasteiger charge is 2.04. The van der Waals surface area contributed by atoms with Gasteiger partial charge in [0.05, 0.1) is 6.20 Å². The molecule has 1 heterocycles. The van der Waals surface area contributed by atoms with Gasteiger partial charge in [0, 0.05) is 11.4 Å². The summed E-state index contributed by atoms with van der Waals surface area (Å²) in [7, 11) is 0. The van der Waals surface area contributed by atoms with E-state index in [9.17, 15) is 0 Å². The normalized spacial score (nSPS) is 10.0. The maximum atomic E-state index is 8.72. The SMILES string of the molecule is N#Cc1cnc(CCc2cccc(Cl)c2)nc1N. The van der Waals surface area contributed by atoms with E-state index in [1.165, 1.54) is 6.20 Å². The third kappa shape index (κ3) is 2.96. The molecule has 0 aliphatic rings. The Bertz CT molecular complexity index is 604. The maximum Gasteiger partial charge on any atom is 0.145 e. The summed E-state index contributed by atoms with van der Waals surface area (Å²) in [5, 5.41) is 9.44. The predicted molar refractivity (Wildman–Crippen MR) is 70.0 cm³/mol. The lowest BCUT2D eigenvalue weighted by Gasteiger charge is -2.03. The van der Waals surface area contributed by atoms with Crippen LogP contribution in [-0.4, -0.2) is 9.97 Å². The molecule has 1 aromatic carbocycles. The summed E-state index contributed by atoms with van der Waals surface area (Å²) < 4.78 is 0. The van der Waals surface area contributed by atoms with Crippen LogP contribution in [0.1, 0.15) is 17.0 Å². The van der Waals surface area contributed by atoms with Crippen LogP contribution in [0.5, 0.6) is 0 Å². The minimum Gasteiger partial charge on any atom is -0.382 e. The van der Waals surface area contributed by atoms with Gasteiger partial charge in [-0.15, -0.1) is 0 Å². The Morgan fingerprint density at radius 3 is 2.83 bits per heavy atom. The highest BCUT2D eigenvalue weighted by atomic mass is 35.5. The Kier molecular flexibility index (Phi) is 3.75. The molecule has 0 radical (unpaired) electrons. The molecule has 0 aliphatic heterocycles. The molecular weight excluding hydrogens is 248 g/mol. The summed E-state index contributed by atoms with van der Waals surface area (Å²) in [6.45, 7) is 0. The van der Waals surface area contributed by atoms with Crippen molar-refractivity contribution in [2.24, 2.45) is 0 Å². The van der Waals surface area contributed by atoms with Crippen molar-refractivity contribution in [1.29, 1.82) is 5.26 Å². The summed E-state index contributed by atoms with van der Waals surface area (Å²) >= 11 is 5.90. The maximum absolute atomic E-state index is 8.72. The fourth-order valence-corrected chi connectivity index (χ4v) is 1.80. The number of anilines is 1. The largest absolute Gasteiger partial charge is 0.382 e. The average Bonchev–Trinajstić information content (AvgIpc) is 2.37. The zero-order valence-electron chi connectivity index (χ0n) is 9.60. The first-order valence-corrected chi connectivity index (χ1v) is 5.83. The Labute approximate surface area is 110 Å². The summed E-state index contributed by atoms with van der Waals surface area (Å²) in [6, 6.07) is 9.59. The molecule has 5 heteroatoms. The molecule has 0 fully saturated rings. The van der Waals surface area contributed by atoms with E-state index in [0.29, 0.717) is 22.8 Å². The lowest BCUT2D eigenvalue weighted by Crippen LogP contribution is -2.03. The second kappa shape index (κ2) is 5.48. The summed E-state index contributed by atoms with van der Waals surface area (Å²) in [5.74, 6) is 0.861. The van der Waals surface area contributed by atoms with Gasteiger partial charge in [0.1, 0.15) is 23.3 Å². The number of halogens is 1. The van der Waals surface area contributed by atoms with Gasteiger partial charge in [0.25, 0.3) is 0 Å². The lowest BCUT2D eigenvalue weighted by molar-refractivity contribution is 0.859. The van der Waals surface area contributed by atoms with Gasteiger partial charge in [-0.2, -0.15) is 5.26 Å². The van der Waals surface area contributed by atoms with Crippen molar-refractivity contribution in [3.05, 3.63) is 52.4 Å². The van der Waals surface area contributed by atoms with Crippen molar-refractivity contribution in [1.82, 2.24) is 9.97 Å². The predicted octanol–water partition coefficient (Wildman–Crippen LogP) is 2.37. The van der Waals surface area contributed by atoms with Gasteiger partial charge < -0.3 is 5.73 Å². The number of aryl methyl sites for hydroxylation is 2. The topological polar surface area (TPSA) is 75.6 Å². The minimum absolute atomic E-state index is 0.230. The highest BCUT2D eigenvalue weighted by molar-refractivity contribution is 6.30. The number of hydrogen-bond donors (Lipinski definition) is 1. The van der Waals surface area contributed by atoms with Crippen LogP contribution in [0.2, 0.25) is 5.02 Å².